The second-order valence-corrected chi connectivity index (χ2v) is 5.77. The molecule has 0 aromatic carbocycles. The van der Waals surface area contributed by atoms with E-state index >= 15 is 0 Å². The predicted octanol–water partition coefficient (Wildman–Crippen LogP) is 2.97. The highest BCUT2D eigenvalue weighted by molar-refractivity contribution is 5.38. The summed E-state index contributed by atoms with van der Waals surface area (Å²) in [6.45, 7) is 0. The Labute approximate surface area is 114 Å². The summed E-state index contributed by atoms with van der Waals surface area (Å²) in [4.78, 5) is 4.53. The minimum atomic E-state index is 0.525. The molecule has 2 saturated carbocycles. The van der Waals surface area contributed by atoms with Crippen LogP contribution >= 0.6 is 0 Å². The van der Waals surface area contributed by atoms with Gasteiger partial charge >= 0.3 is 0 Å². The second-order valence-electron chi connectivity index (χ2n) is 5.77. The van der Waals surface area contributed by atoms with Crippen LogP contribution in [0.15, 0.2) is 6.20 Å². The molecule has 0 spiro atoms. The van der Waals surface area contributed by atoms with Crippen molar-refractivity contribution in [3.05, 3.63) is 6.20 Å². The summed E-state index contributed by atoms with van der Waals surface area (Å²) in [5, 5.41) is 15.0. The Morgan fingerprint density at radius 3 is 2.21 bits per heavy atom. The maximum atomic E-state index is 4.53. The van der Waals surface area contributed by atoms with Crippen molar-refractivity contribution < 1.29 is 0 Å². The third-order valence-corrected chi connectivity index (χ3v) is 4.20. The molecular formula is C14H23N5. The SMILES string of the molecule is c1nnc(NC2CCCCC2)nc1NC1CCCC1. The van der Waals surface area contributed by atoms with Gasteiger partial charge < -0.3 is 10.6 Å². The first-order chi connectivity index (χ1) is 9.40. The molecule has 5 nitrogen and oxygen atoms in total. The van der Waals surface area contributed by atoms with E-state index in [1.165, 1.54) is 57.8 Å². The third kappa shape index (κ3) is 3.55. The van der Waals surface area contributed by atoms with Crippen molar-refractivity contribution in [3.8, 4) is 0 Å². The number of anilines is 2. The summed E-state index contributed by atoms with van der Waals surface area (Å²) in [7, 11) is 0. The summed E-state index contributed by atoms with van der Waals surface area (Å²) < 4.78 is 0. The van der Waals surface area contributed by atoms with Crippen molar-refractivity contribution in [1.82, 2.24) is 15.2 Å². The first-order valence-electron chi connectivity index (χ1n) is 7.63. The van der Waals surface area contributed by atoms with Crippen LogP contribution in [0.5, 0.6) is 0 Å². The topological polar surface area (TPSA) is 62.7 Å². The van der Waals surface area contributed by atoms with E-state index in [1.807, 2.05) is 0 Å². The van der Waals surface area contributed by atoms with E-state index in [0.717, 1.165) is 5.82 Å². The summed E-state index contributed by atoms with van der Waals surface area (Å²) >= 11 is 0. The number of nitrogens with zero attached hydrogens (tertiary/aromatic N) is 3. The van der Waals surface area contributed by atoms with Crippen LogP contribution in [-0.4, -0.2) is 27.3 Å². The number of rotatable bonds is 4. The van der Waals surface area contributed by atoms with Gasteiger partial charge in [0, 0.05) is 12.1 Å². The van der Waals surface area contributed by atoms with Gasteiger partial charge in [0.1, 0.15) is 0 Å². The molecule has 1 aromatic rings. The molecule has 0 amide bonds. The molecule has 0 unspecified atom stereocenters. The van der Waals surface area contributed by atoms with Gasteiger partial charge in [-0.25, -0.2) is 0 Å². The van der Waals surface area contributed by atoms with E-state index in [1.54, 1.807) is 6.20 Å². The summed E-state index contributed by atoms with van der Waals surface area (Å²) in [6.07, 6.45) is 13.3. The van der Waals surface area contributed by atoms with Gasteiger partial charge in [-0.3, -0.25) is 0 Å². The molecule has 2 aliphatic carbocycles. The van der Waals surface area contributed by atoms with E-state index in [2.05, 4.69) is 25.8 Å². The van der Waals surface area contributed by atoms with Gasteiger partial charge in [-0.2, -0.15) is 10.1 Å². The Morgan fingerprint density at radius 2 is 1.47 bits per heavy atom. The molecule has 2 N–H and O–H groups in total. The molecule has 1 heterocycles. The molecule has 19 heavy (non-hydrogen) atoms. The van der Waals surface area contributed by atoms with Gasteiger partial charge in [0.05, 0.1) is 6.20 Å². The molecule has 0 bridgehead atoms. The van der Waals surface area contributed by atoms with E-state index in [9.17, 15) is 0 Å². The smallest absolute Gasteiger partial charge is 0.244 e. The molecule has 0 atom stereocenters. The summed E-state index contributed by atoms with van der Waals surface area (Å²) in [5.41, 5.74) is 0. The molecule has 0 saturated heterocycles. The molecule has 1 aromatic heterocycles. The fraction of sp³-hybridized carbons (Fsp3) is 0.786. The zero-order chi connectivity index (χ0) is 12.9. The minimum Gasteiger partial charge on any atom is -0.366 e. The standard InChI is InChI=1S/C14H23N5/c1-2-6-12(7-3-1)17-14-18-13(10-15-19-14)16-11-8-4-5-9-11/h10-12H,1-9H2,(H2,16,17,18,19). The number of aromatic nitrogens is 3. The highest BCUT2D eigenvalue weighted by Crippen LogP contribution is 2.22. The van der Waals surface area contributed by atoms with Crippen molar-refractivity contribution in [2.75, 3.05) is 10.6 Å². The van der Waals surface area contributed by atoms with E-state index in [0.29, 0.717) is 18.0 Å². The molecule has 0 radical (unpaired) electrons. The third-order valence-electron chi connectivity index (χ3n) is 4.20. The lowest BCUT2D eigenvalue weighted by Gasteiger charge is -2.22. The summed E-state index contributed by atoms with van der Waals surface area (Å²) in [5.74, 6) is 1.54. The Kier molecular flexibility index (Phi) is 4.10. The second kappa shape index (κ2) is 6.17. The van der Waals surface area contributed by atoms with Gasteiger partial charge in [-0.1, -0.05) is 32.1 Å². The average molecular weight is 261 g/mol. The Balaban J connectivity index is 1.58. The van der Waals surface area contributed by atoms with Crippen LogP contribution in [0.2, 0.25) is 0 Å². The summed E-state index contributed by atoms with van der Waals surface area (Å²) in [6, 6.07) is 1.09. The average Bonchev–Trinajstić information content (AvgIpc) is 2.93. The van der Waals surface area contributed by atoms with Crippen LogP contribution in [0.1, 0.15) is 57.8 Å². The number of hydrogen-bond donors (Lipinski definition) is 2. The van der Waals surface area contributed by atoms with E-state index < -0.39 is 0 Å². The zero-order valence-corrected chi connectivity index (χ0v) is 11.4. The Hall–Kier alpha value is -1.39. The lowest BCUT2D eigenvalue weighted by atomic mass is 9.96. The first-order valence-corrected chi connectivity index (χ1v) is 7.63. The van der Waals surface area contributed by atoms with Gasteiger partial charge in [0.25, 0.3) is 0 Å². The molecule has 2 fully saturated rings. The molecule has 0 aliphatic heterocycles. The molecule has 5 heteroatoms. The molecular weight excluding hydrogens is 238 g/mol. The quantitative estimate of drug-likeness (QED) is 0.872. The van der Waals surface area contributed by atoms with Crippen molar-refractivity contribution in [3.63, 3.8) is 0 Å². The number of hydrogen-bond acceptors (Lipinski definition) is 5. The highest BCUT2D eigenvalue weighted by atomic mass is 15.3. The van der Waals surface area contributed by atoms with Crippen LogP contribution in [0.3, 0.4) is 0 Å². The van der Waals surface area contributed by atoms with Crippen LogP contribution in [-0.2, 0) is 0 Å². The Morgan fingerprint density at radius 1 is 0.842 bits per heavy atom. The maximum absolute atomic E-state index is 4.53. The van der Waals surface area contributed by atoms with Crippen LogP contribution in [0, 0.1) is 0 Å². The molecule has 104 valence electrons. The van der Waals surface area contributed by atoms with E-state index in [4.69, 9.17) is 0 Å². The fourth-order valence-corrected chi connectivity index (χ4v) is 3.14. The monoisotopic (exact) mass is 261 g/mol. The van der Waals surface area contributed by atoms with Crippen molar-refractivity contribution in [1.29, 1.82) is 0 Å². The number of nitrogens with one attached hydrogen (secondary N) is 2. The van der Waals surface area contributed by atoms with Gasteiger partial charge in [-0.05, 0) is 25.7 Å². The molecule has 3 rings (SSSR count). The highest BCUT2D eigenvalue weighted by Gasteiger charge is 2.17. The van der Waals surface area contributed by atoms with Crippen molar-refractivity contribution in [2.24, 2.45) is 0 Å². The lowest BCUT2D eigenvalue weighted by Crippen LogP contribution is -2.24. The largest absolute Gasteiger partial charge is 0.366 e. The van der Waals surface area contributed by atoms with Crippen LogP contribution in [0.4, 0.5) is 11.8 Å². The normalized spacial score (nSPS) is 21.5. The van der Waals surface area contributed by atoms with Crippen LogP contribution in [0.25, 0.3) is 0 Å². The first kappa shape index (κ1) is 12.6. The fourth-order valence-electron chi connectivity index (χ4n) is 3.14. The molecule has 2 aliphatic rings. The van der Waals surface area contributed by atoms with Gasteiger partial charge in [0.2, 0.25) is 5.95 Å². The lowest BCUT2D eigenvalue weighted by molar-refractivity contribution is 0.460. The van der Waals surface area contributed by atoms with Crippen molar-refractivity contribution >= 4 is 11.8 Å². The predicted molar refractivity (Wildman–Crippen MR) is 76.2 cm³/mol. The van der Waals surface area contributed by atoms with Crippen molar-refractivity contribution in [2.45, 2.75) is 69.9 Å². The van der Waals surface area contributed by atoms with E-state index in [-0.39, 0.29) is 0 Å². The Bertz CT molecular complexity index is 397. The van der Waals surface area contributed by atoms with Gasteiger partial charge in [-0.15, -0.1) is 5.10 Å². The van der Waals surface area contributed by atoms with Gasteiger partial charge in [0.15, 0.2) is 5.82 Å². The van der Waals surface area contributed by atoms with Crippen LogP contribution < -0.4 is 10.6 Å². The maximum Gasteiger partial charge on any atom is 0.244 e. The zero-order valence-electron chi connectivity index (χ0n) is 11.4. The minimum absolute atomic E-state index is 0.525.